The Morgan fingerprint density at radius 1 is 1.16 bits per heavy atom. The molecule has 3 N–H and O–H groups in total. The summed E-state index contributed by atoms with van der Waals surface area (Å²) in [6.07, 6.45) is 0.515. The van der Waals surface area contributed by atoms with Gasteiger partial charge in [-0.15, -0.1) is 0 Å². The lowest BCUT2D eigenvalue weighted by atomic mass is 10.0. The average molecular weight is 430 g/mol. The zero-order valence-electron chi connectivity index (χ0n) is 16.1. The van der Waals surface area contributed by atoms with Gasteiger partial charge in [0, 0.05) is 23.9 Å². The van der Waals surface area contributed by atoms with Crippen LogP contribution < -0.4 is 16.0 Å². The zero-order chi connectivity index (χ0) is 22.2. The number of ether oxygens (including phenoxy) is 1. The SMILES string of the molecule is NC(=O)c1cc(-c2ccc(OCc3nccnc3C3CC3)cc2)c(C(F)(F)F)[nH]c1=O. The lowest BCUT2D eigenvalue weighted by molar-refractivity contribution is -0.140. The second-order valence-electron chi connectivity index (χ2n) is 7.14. The quantitative estimate of drug-likeness (QED) is 0.623. The van der Waals surface area contributed by atoms with Crippen molar-refractivity contribution in [1.29, 1.82) is 0 Å². The molecule has 3 aromatic rings. The summed E-state index contributed by atoms with van der Waals surface area (Å²) in [5, 5.41) is 0. The summed E-state index contributed by atoms with van der Waals surface area (Å²) in [7, 11) is 0. The van der Waals surface area contributed by atoms with Crippen LogP contribution in [0.3, 0.4) is 0 Å². The lowest BCUT2D eigenvalue weighted by Gasteiger charge is -2.14. The normalized spacial score (nSPS) is 13.8. The molecule has 2 aromatic heterocycles. The number of primary amides is 1. The molecular weight excluding hydrogens is 413 g/mol. The third kappa shape index (κ3) is 4.42. The molecule has 0 saturated heterocycles. The van der Waals surface area contributed by atoms with Crippen LogP contribution in [0.25, 0.3) is 11.1 Å². The summed E-state index contributed by atoms with van der Waals surface area (Å²) >= 11 is 0. The van der Waals surface area contributed by atoms with E-state index >= 15 is 0 Å². The third-order valence-corrected chi connectivity index (χ3v) is 4.90. The smallest absolute Gasteiger partial charge is 0.431 e. The number of carbonyl (C=O) groups is 1. The first kappa shape index (κ1) is 20.6. The number of pyridine rings is 1. The van der Waals surface area contributed by atoms with Crippen LogP contribution in [0.5, 0.6) is 5.75 Å². The summed E-state index contributed by atoms with van der Waals surface area (Å²) < 4.78 is 46.0. The van der Waals surface area contributed by atoms with Crippen molar-refractivity contribution in [3.63, 3.8) is 0 Å². The van der Waals surface area contributed by atoms with Gasteiger partial charge in [-0.05, 0) is 36.6 Å². The van der Waals surface area contributed by atoms with Gasteiger partial charge in [-0.3, -0.25) is 19.6 Å². The van der Waals surface area contributed by atoms with Crippen LogP contribution in [0.15, 0.2) is 47.5 Å². The molecule has 0 unspecified atom stereocenters. The van der Waals surface area contributed by atoms with Crippen molar-refractivity contribution in [3.05, 3.63) is 75.7 Å². The van der Waals surface area contributed by atoms with Crippen molar-refractivity contribution in [3.8, 4) is 16.9 Å². The zero-order valence-corrected chi connectivity index (χ0v) is 16.1. The predicted molar refractivity (Wildman–Crippen MR) is 104 cm³/mol. The third-order valence-electron chi connectivity index (χ3n) is 4.90. The maximum absolute atomic E-state index is 13.4. The fourth-order valence-corrected chi connectivity index (χ4v) is 3.23. The number of nitrogens with two attached hydrogens (primary N) is 1. The Morgan fingerprint density at radius 2 is 1.84 bits per heavy atom. The number of alkyl halides is 3. The molecule has 1 saturated carbocycles. The van der Waals surface area contributed by atoms with Gasteiger partial charge in [0.1, 0.15) is 23.6 Å². The molecule has 10 heteroatoms. The van der Waals surface area contributed by atoms with Crippen LogP contribution in [-0.4, -0.2) is 20.9 Å². The van der Waals surface area contributed by atoms with E-state index in [4.69, 9.17) is 10.5 Å². The van der Waals surface area contributed by atoms with Crippen LogP contribution in [0.4, 0.5) is 13.2 Å². The largest absolute Gasteiger partial charge is 0.487 e. The fraction of sp³-hybridized carbons (Fsp3) is 0.238. The van der Waals surface area contributed by atoms with Gasteiger partial charge in [0.05, 0.1) is 11.4 Å². The first-order chi connectivity index (χ1) is 14.7. The number of benzene rings is 1. The Balaban J connectivity index is 1.60. The Bertz CT molecular complexity index is 1190. The molecule has 0 spiro atoms. The summed E-state index contributed by atoms with van der Waals surface area (Å²) in [5.41, 5.74) is 3.49. The molecule has 2 heterocycles. The molecule has 1 aliphatic carbocycles. The Hall–Kier alpha value is -3.69. The molecule has 0 aliphatic heterocycles. The van der Waals surface area contributed by atoms with E-state index in [9.17, 15) is 22.8 Å². The van der Waals surface area contributed by atoms with Crippen molar-refractivity contribution in [2.45, 2.75) is 31.5 Å². The Kier molecular flexibility index (Phi) is 5.22. The molecule has 1 aliphatic rings. The number of halogens is 3. The minimum absolute atomic E-state index is 0.136. The minimum atomic E-state index is -4.83. The van der Waals surface area contributed by atoms with Gasteiger partial charge in [0.2, 0.25) is 0 Å². The highest BCUT2D eigenvalue weighted by Gasteiger charge is 2.36. The summed E-state index contributed by atoms with van der Waals surface area (Å²) in [4.78, 5) is 33.6. The number of nitrogens with zero attached hydrogens (tertiary/aromatic N) is 2. The van der Waals surface area contributed by atoms with Crippen LogP contribution in [-0.2, 0) is 12.8 Å². The number of H-pyrrole nitrogens is 1. The van der Waals surface area contributed by atoms with Gasteiger partial charge in [-0.1, -0.05) is 12.1 Å². The Labute approximate surface area is 174 Å². The van der Waals surface area contributed by atoms with Crippen LogP contribution in [0, 0.1) is 0 Å². The minimum Gasteiger partial charge on any atom is -0.487 e. The van der Waals surface area contributed by atoms with Gasteiger partial charge in [0.15, 0.2) is 0 Å². The van der Waals surface area contributed by atoms with E-state index in [-0.39, 0.29) is 17.7 Å². The number of amides is 1. The molecule has 0 bridgehead atoms. The van der Waals surface area contributed by atoms with E-state index in [0.717, 1.165) is 30.3 Å². The van der Waals surface area contributed by atoms with E-state index in [1.54, 1.807) is 17.4 Å². The van der Waals surface area contributed by atoms with E-state index in [0.29, 0.717) is 11.7 Å². The number of hydrogen-bond donors (Lipinski definition) is 2. The van der Waals surface area contributed by atoms with Crippen molar-refractivity contribution in [2.24, 2.45) is 5.73 Å². The molecule has 0 radical (unpaired) electrons. The van der Waals surface area contributed by atoms with Crippen LogP contribution >= 0.6 is 0 Å². The number of nitrogens with one attached hydrogen (secondary N) is 1. The molecule has 1 amide bonds. The highest BCUT2D eigenvalue weighted by Crippen LogP contribution is 2.40. The van der Waals surface area contributed by atoms with Gasteiger partial charge in [-0.25, -0.2) is 0 Å². The van der Waals surface area contributed by atoms with Crippen molar-refractivity contribution in [2.75, 3.05) is 0 Å². The number of aromatic nitrogens is 3. The fourth-order valence-electron chi connectivity index (χ4n) is 3.23. The molecular formula is C21H17F3N4O3. The maximum atomic E-state index is 13.4. The van der Waals surface area contributed by atoms with Crippen molar-refractivity contribution < 1.29 is 22.7 Å². The van der Waals surface area contributed by atoms with E-state index in [1.807, 2.05) is 0 Å². The number of rotatable bonds is 6. The Morgan fingerprint density at radius 3 is 2.45 bits per heavy atom. The molecule has 4 rings (SSSR count). The second kappa shape index (κ2) is 7.86. The van der Waals surface area contributed by atoms with Gasteiger partial charge < -0.3 is 15.5 Å². The van der Waals surface area contributed by atoms with Gasteiger partial charge >= 0.3 is 6.18 Å². The van der Waals surface area contributed by atoms with E-state index in [2.05, 4.69) is 9.97 Å². The monoisotopic (exact) mass is 430 g/mol. The van der Waals surface area contributed by atoms with Crippen LogP contribution in [0.2, 0.25) is 0 Å². The van der Waals surface area contributed by atoms with E-state index in [1.165, 1.54) is 24.3 Å². The van der Waals surface area contributed by atoms with Gasteiger partial charge in [0.25, 0.3) is 11.5 Å². The molecule has 160 valence electrons. The standard InChI is InChI=1S/C21H17F3N4O3/c22-21(23,24)18-14(9-15(19(25)29)20(30)28-18)11-3-5-13(6-4-11)31-10-16-17(12-1-2-12)27-8-7-26-16/h3-9,12H,1-2,10H2,(H2,25,29)(H,28,30). The topological polar surface area (TPSA) is 111 Å². The maximum Gasteiger partial charge on any atom is 0.431 e. The van der Waals surface area contributed by atoms with Crippen LogP contribution in [0.1, 0.15) is 46.2 Å². The molecule has 1 aromatic carbocycles. The first-order valence-corrected chi connectivity index (χ1v) is 9.41. The molecule has 7 nitrogen and oxygen atoms in total. The number of hydrogen-bond acceptors (Lipinski definition) is 5. The van der Waals surface area contributed by atoms with Crippen molar-refractivity contribution in [1.82, 2.24) is 15.0 Å². The summed E-state index contributed by atoms with van der Waals surface area (Å²) in [6, 6.07) is 6.65. The molecule has 1 fully saturated rings. The molecule has 0 atom stereocenters. The van der Waals surface area contributed by atoms with Gasteiger partial charge in [-0.2, -0.15) is 13.2 Å². The second-order valence-corrected chi connectivity index (χ2v) is 7.14. The number of carbonyl (C=O) groups excluding carboxylic acids is 1. The highest BCUT2D eigenvalue weighted by molar-refractivity contribution is 5.94. The molecule has 31 heavy (non-hydrogen) atoms. The summed E-state index contributed by atoms with van der Waals surface area (Å²) in [5.74, 6) is -0.300. The lowest BCUT2D eigenvalue weighted by Crippen LogP contribution is -2.27. The first-order valence-electron chi connectivity index (χ1n) is 9.41. The van der Waals surface area contributed by atoms with E-state index < -0.39 is 28.9 Å². The number of aromatic amines is 1. The highest BCUT2D eigenvalue weighted by atomic mass is 19.4. The summed E-state index contributed by atoms with van der Waals surface area (Å²) in [6.45, 7) is 0.178. The van der Waals surface area contributed by atoms with Crippen molar-refractivity contribution >= 4 is 5.91 Å². The predicted octanol–water partition coefficient (Wildman–Crippen LogP) is 3.41. The average Bonchev–Trinajstić information content (AvgIpc) is 3.57.